The van der Waals surface area contributed by atoms with E-state index in [1.54, 1.807) is 46.1 Å². The zero-order valence-corrected chi connectivity index (χ0v) is 17.2. The molecule has 2 aromatic carbocycles. The average molecular weight is 426 g/mol. The van der Waals surface area contributed by atoms with Gasteiger partial charge in [-0.15, -0.1) is 0 Å². The Kier molecular flexibility index (Phi) is 7.61. The van der Waals surface area contributed by atoms with Crippen LogP contribution in [-0.2, 0) is 27.5 Å². The van der Waals surface area contributed by atoms with Crippen LogP contribution in [0.1, 0.15) is 11.1 Å². The summed E-state index contributed by atoms with van der Waals surface area (Å²) in [5, 5.41) is 0. The number of hydrogen-bond acceptors (Lipinski definition) is 6. The molecule has 0 aliphatic rings. The van der Waals surface area contributed by atoms with Gasteiger partial charge in [-0.1, -0.05) is 52.4 Å². The third kappa shape index (κ3) is 6.58. The number of ether oxygens (including phenoxy) is 2. The van der Waals surface area contributed by atoms with Crippen molar-refractivity contribution in [2.45, 2.75) is 23.0 Å². The van der Waals surface area contributed by atoms with Gasteiger partial charge in [0.25, 0.3) is 0 Å². The molecule has 0 N–H and O–H groups in total. The Bertz CT molecular complexity index is 951. The molecule has 3 aromatic rings. The van der Waals surface area contributed by atoms with Crippen LogP contribution in [0.5, 0.6) is 0 Å². The summed E-state index contributed by atoms with van der Waals surface area (Å²) in [6, 6.07) is 19.3. The van der Waals surface area contributed by atoms with E-state index in [1.807, 2.05) is 48.5 Å². The first-order chi connectivity index (χ1) is 14.1. The SMILES string of the molecule is C=CC(=O)OCc1ccc(SSc2ccc(COC(=O)n3cccc3)cc2)cc1. The van der Waals surface area contributed by atoms with Gasteiger partial charge >= 0.3 is 12.1 Å². The van der Waals surface area contributed by atoms with Gasteiger partial charge in [0.15, 0.2) is 0 Å². The fourth-order valence-corrected chi connectivity index (χ4v) is 4.20. The first-order valence-electron chi connectivity index (χ1n) is 8.76. The Labute approximate surface area is 177 Å². The Hall–Kier alpha value is -2.90. The summed E-state index contributed by atoms with van der Waals surface area (Å²) in [4.78, 5) is 25.1. The standard InChI is InChI=1S/C22H19NO4S2/c1-2-21(24)26-15-17-5-9-19(10-6-17)28-29-20-11-7-18(8-12-20)16-27-22(25)23-13-3-4-14-23/h2-14H,1,15-16H2. The largest absolute Gasteiger partial charge is 0.458 e. The lowest BCUT2D eigenvalue weighted by Crippen LogP contribution is -2.11. The zero-order valence-electron chi connectivity index (χ0n) is 15.5. The van der Waals surface area contributed by atoms with Crippen LogP contribution in [0.2, 0.25) is 0 Å². The second-order valence-electron chi connectivity index (χ2n) is 5.91. The molecular weight excluding hydrogens is 406 g/mol. The van der Waals surface area contributed by atoms with Gasteiger partial charge in [0.1, 0.15) is 13.2 Å². The molecule has 148 valence electrons. The van der Waals surface area contributed by atoms with Gasteiger partial charge in [0.05, 0.1) is 0 Å². The highest BCUT2D eigenvalue weighted by Crippen LogP contribution is 2.37. The molecule has 1 heterocycles. The molecule has 0 aliphatic heterocycles. The van der Waals surface area contributed by atoms with E-state index in [-0.39, 0.29) is 13.2 Å². The molecule has 0 spiro atoms. The van der Waals surface area contributed by atoms with E-state index in [0.29, 0.717) is 0 Å². The van der Waals surface area contributed by atoms with E-state index < -0.39 is 12.1 Å². The maximum absolute atomic E-state index is 11.8. The molecule has 0 radical (unpaired) electrons. The van der Waals surface area contributed by atoms with Gasteiger partial charge in [-0.05, 0) is 47.5 Å². The molecule has 0 amide bonds. The van der Waals surface area contributed by atoms with Crippen molar-refractivity contribution in [3.05, 3.63) is 96.8 Å². The highest BCUT2D eigenvalue weighted by Gasteiger charge is 2.05. The van der Waals surface area contributed by atoms with Crippen molar-refractivity contribution in [2.24, 2.45) is 0 Å². The van der Waals surface area contributed by atoms with E-state index in [4.69, 9.17) is 9.47 Å². The number of benzene rings is 2. The van der Waals surface area contributed by atoms with E-state index in [0.717, 1.165) is 27.0 Å². The summed E-state index contributed by atoms with van der Waals surface area (Å²) >= 11 is 0. The maximum atomic E-state index is 11.8. The Morgan fingerprint density at radius 2 is 1.31 bits per heavy atom. The Balaban J connectivity index is 1.44. The lowest BCUT2D eigenvalue weighted by molar-refractivity contribution is -0.138. The minimum Gasteiger partial charge on any atom is -0.458 e. The van der Waals surface area contributed by atoms with E-state index in [2.05, 4.69) is 6.58 Å². The Morgan fingerprint density at radius 3 is 1.79 bits per heavy atom. The average Bonchev–Trinajstić information content (AvgIpc) is 3.31. The number of esters is 1. The van der Waals surface area contributed by atoms with Crippen LogP contribution in [0.3, 0.4) is 0 Å². The Morgan fingerprint density at radius 1 is 0.828 bits per heavy atom. The first-order valence-corrected chi connectivity index (χ1v) is 10.9. The summed E-state index contributed by atoms with van der Waals surface area (Å²) in [6.07, 6.45) is 4.06. The molecule has 7 heteroatoms. The number of carbonyl (C=O) groups excluding carboxylic acids is 2. The second kappa shape index (κ2) is 10.6. The van der Waals surface area contributed by atoms with Crippen LogP contribution in [-0.4, -0.2) is 16.6 Å². The van der Waals surface area contributed by atoms with Crippen molar-refractivity contribution < 1.29 is 19.1 Å². The van der Waals surface area contributed by atoms with Gasteiger partial charge in [-0.3, -0.25) is 4.57 Å². The molecule has 0 unspecified atom stereocenters. The smallest absolute Gasteiger partial charge is 0.418 e. The molecule has 1 aromatic heterocycles. The molecule has 5 nitrogen and oxygen atoms in total. The molecule has 3 rings (SSSR count). The van der Waals surface area contributed by atoms with Crippen molar-refractivity contribution in [3.63, 3.8) is 0 Å². The van der Waals surface area contributed by atoms with Crippen molar-refractivity contribution in [1.82, 2.24) is 4.57 Å². The topological polar surface area (TPSA) is 57.5 Å². The summed E-state index contributed by atoms with van der Waals surface area (Å²) in [5.74, 6) is -0.429. The number of aromatic nitrogens is 1. The fraction of sp³-hybridized carbons (Fsp3) is 0.0909. The van der Waals surface area contributed by atoms with Crippen LogP contribution >= 0.6 is 21.6 Å². The highest BCUT2D eigenvalue weighted by molar-refractivity contribution is 8.76. The van der Waals surface area contributed by atoms with Crippen LogP contribution in [0.15, 0.2) is 95.5 Å². The highest BCUT2D eigenvalue weighted by atomic mass is 33.1. The normalized spacial score (nSPS) is 10.3. The number of carbonyl (C=O) groups is 2. The lowest BCUT2D eigenvalue weighted by atomic mass is 10.2. The predicted octanol–water partition coefficient (Wildman–Crippen LogP) is 5.70. The van der Waals surface area contributed by atoms with Crippen molar-refractivity contribution in [1.29, 1.82) is 0 Å². The van der Waals surface area contributed by atoms with Crippen molar-refractivity contribution in [2.75, 3.05) is 0 Å². The molecule has 0 bridgehead atoms. The molecule has 0 saturated heterocycles. The first kappa shape index (κ1) is 20.8. The van der Waals surface area contributed by atoms with Crippen LogP contribution in [0, 0.1) is 0 Å². The van der Waals surface area contributed by atoms with Gasteiger partial charge in [-0.2, -0.15) is 0 Å². The molecule has 0 fully saturated rings. The zero-order chi connectivity index (χ0) is 20.5. The van der Waals surface area contributed by atoms with Crippen molar-refractivity contribution >= 4 is 33.7 Å². The molecule has 0 aliphatic carbocycles. The molecular formula is C22H19NO4S2. The molecule has 0 atom stereocenters. The number of nitrogens with zero attached hydrogens (tertiary/aromatic N) is 1. The van der Waals surface area contributed by atoms with E-state index >= 15 is 0 Å². The predicted molar refractivity (Wildman–Crippen MR) is 115 cm³/mol. The van der Waals surface area contributed by atoms with Crippen LogP contribution in [0.25, 0.3) is 0 Å². The van der Waals surface area contributed by atoms with E-state index in [9.17, 15) is 9.59 Å². The quantitative estimate of drug-likeness (QED) is 0.262. The van der Waals surface area contributed by atoms with Crippen molar-refractivity contribution in [3.8, 4) is 0 Å². The van der Waals surface area contributed by atoms with Gasteiger partial charge in [-0.25, -0.2) is 9.59 Å². The summed E-state index contributed by atoms with van der Waals surface area (Å²) < 4.78 is 11.7. The maximum Gasteiger partial charge on any atom is 0.418 e. The second-order valence-corrected chi connectivity index (χ2v) is 8.19. The summed E-state index contributed by atoms with van der Waals surface area (Å²) in [7, 11) is 3.28. The van der Waals surface area contributed by atoms with Gasteiger partial charge in [0.2, 0.25) is 0 Å². The lowest BCUT2D eigenvalue weighted by Gasteiger charge is -2.07. The van der Waals surface area contributed by atoms with Crippen LogP contribution < -0.4 is 0 Å². The van der Waals surface area contributed by atoms with Gasteiger partial charge < -0.3 is 9.47 Å². The third-order valence-electron chi connectivity index (χ3n) is 3.81. The number of hydrogen-bond donors (Lipinski definition) is 0. The minimum absolute atomic E-state index is 0.229. The fourth-order valence-electron chi connectivity index (χ4n) is 2.27. The van der Waals surface area contributed by atoms with Crippen LogP contribution in [0.4, 0.5) is 4.79 Å². The molecule has 29 heavy (non-hydrogen) atoms. The van der Waals surface area contributed by atoms with E-state index in [1.165, 1.54) is 4.57 Å². The monoisotopic (exact) mass is 425 g/mol. The molecule has 0 saturated carbocycles. The number of rotatable bonds is 8. The van der Waals surface area contributed by atoms with Gasteiger partial charge in [0, 0.05) is 28.3 Å². The summed E-state index contributed by atoms with van der Waals surface area (Å²) in [5.41, 5.74) is 1.85. The summed E-state index contributed by atoms with van der Waals surface area (Å²) in [6.45, 7) is 3.84. The minimum atomic E-state index is -0.429. The third-order valence-corrected chi connectivity index (χ3v) is 6.22.